The van der Waals surface area contributed by atoms with Crippen LogP contribution in [-0.4, -0.2) is 87.7 Å². The first-order valence-corrected chi connectivity index (χ1v) is 18.9. The van der Waals surface area contributed by atoms with Crippen LogP contribution in [0.2, 0.25) is 0 Å². The molecule has 0 spiro atoms. The predicted molar refractivity (Wildman–Crippen MR) is 213 cm³/mol. The lowest BCUT2D eigenvalue weighted by Crippen LogP contribution is -2.66. The Kier molecular flexibility index (Phi) is 11.4. The van der Waals surface area contributed by atoms with E-state index in [2.05, 4.69) is 22.2 Å². The van der Waals surface area contributed by atoms with Crippen LogP contribution in [0, 0.1) is 0 Å². The zero-order valence-electron chi connectivity index (χ0n) is 30.8. The zero-order valence-corrected chi connectivity index (χ0v) is 31.6. The lowest BCUT2D eigenvalue weighted by atomic mass is 9.99. The van der Waals surface area contributed by atoms with E-state index in [-0.39, 0.29) is 57.6 Å². The van der Waals surface area contributed by atoms with Crippen molar-refractivity contribution in [3.8, 4) is 5.75 Å². The Hall–Kier alpha value is -6.45. The van der Waals surface area contributed by atoms with Crippen molar-refractivity contribution in [2.75, 3.05) is 37.8 Å². The SMILES string of the molecule is C=CCN(C(=O)NCc1ccc(OC)cc1)N1CC(=O)N2[C@@H](Cc3ccc(NC(=O)OCc4ccccc4)cc3)C(=O)N(Cc3cccc4sc(N)nc34)C[C@@H]21. The number of fused-ring (bicyclic) bond motifs is 2. The summed E-state index contributed by atoms with van der Waals surface area (Å²) in [6.07, 6.45) is 0.545. The third kappa shape index (κ3) is 8.43. The monoisotopic (exact) mass is 774 g/mol. The summed E-state index contributed by atoms with van der Waals surface area (Å²) in [5.41, 5.74) is 10.6. The Labute approximate surface area is 328 Å². The highest BCUT2D eigenvalue weighted by atomic mass is 32.1. The minimum atomic E-state index is -0.881. The van der Waals surface area contributed by atoms with Crippen LogP contribution in [-0.2, 0) is 40.4 Å². The molecule has 2 fully saturated rings. The summed E-state index contributed by atoms with van der Waals surface area (Å²) < 4.78 is 11.5. The lowest BCUT2D eigenvalue weighted by Gasteiger charge is -2.46. The van der Waals surface area contributed by atoms with Crippen molar-refractivity contribution in [2.45, 2.75) is 38.3 Å². The molecule has 0 bridgehead atoms. The van der Waals surface area contributed by atoms with Gasteiger partial charge < -0.3 is 30.3 Å². The van der Waals surface area contributed by atoms with Crippen molar-refractivity contribution >= 4 is 56.3 Å². The van der Waals surface area contributed by atoms with Gasteiger partial charge in [-0.3, -0.25) is 19.9 Å². The number of rotatable bonds is 13. The molecule has 288 valence electrons. The largest absolute Gasteiger partial charge is 0.497 e. The summed E-state index contributed by atoms with van der Waals surface area (Å²) in [5, 5.41) is 9.32. The number of hydrogen-bond acceptors (Lipinski definition) is 10. The van der Waals surface area contributed by atoms with Crippen molar-refractivity contribution in [1.29, 1.82) is 0 Å². The Morgan fingerprint density at radius 1 is 0.982 bits per heavy atom. The molecule has 0 radical (unpaired) electrons. The van der Waals surface area contributed by atoms with E-state index in [4.69, 9.17) is 15.2 Å². The summed E-state index contributed by atoms with van der Waals surface area (Å²) in [7, 11) is 1.59. The topological polar surface area (TPSA) is 163 Å². The minimum absolute atomic E-state index is 0.113. The van der Waals surface area contributed by atoms with Gasteiger partial charge >= 0.3 is 12.1 Å². The lowest BCUT2D eigenvalue weighted by molar-refractivity contribution is -0.157. The summed E-state index contributed by atoms with van der Waals surface area (Å²) >= 11 is 1.37. The number of nitrogens with zero attached hydrogens (tertiary/aromatic N) is 5. The normalized spacial score (nSPS) is 16.7. The second-order valence-corrected chi connectivity index (χ2v) is 14.5. The molecule has 3 heterocycles. The summed E-state index contributed by atoms with van der Waals surface area (Å²) in [5.74, 6) is 0.192. The highest BCUT2D eigenvalue weighted by Gasteiger charge is 2.52. The van der Waals surface area contributed by atoms with Crippen molar-refractivity contribution in [3.05, 3.63) is 132 Å². The number of carbonyl (C=O) groups is 4. The summed E-state index contributed by atoms with van der Waals surface area (Å²) in [4.78, 5) is 62.6. The molecule has 5 aromatic rings. The number of para-hydroxylation sites is 1. The molecule has 14 nitrogen and oxygen atoms in total. The smallest absolute Gasteiger partial charge is 0.411 e. The number of nitrogens with two attached hydrogens (primary N) is 1. The molecule has 2 saturated heterocycles. The van der Waals surface area contributed by atoms with Gasteiger partial charge in [0, 0.05) is 25.2 Å². The van der Waals surface area contributed by atoms with Gasteiger partial charge in [-0.2, -0.15) is 5.01 Å². The van der Waals surface area contributed by atoms with Crippen LogP contribution < -0.4 is 21.1 Å². The first-order valence-electron chi connectivity index (χ1n) is 18.1. The molecule has 15 heteroatoms. The molecule has 1 aromatic heterocycles. The number of methoxy groups -OCH3 is 1. The molecule has 2 aliphatic rings. The van der Waals surface area contributed by atoms with Gasteiger partial charge in [-0.1, -0.05) is 84.1 Å². The molecular weight excluding hydrogens is 733 g/mol. The first kappa shape index (κ1) is 37.8. The maximum Gasteiger partial charge on any atom is 0.411 e. The first-order chi connectivity index (χ1) is 27.2. The Bertz CT molecular complexity index is 2220. The van der Waals surface area contributed by atoms with E-state index in [1.54, 1.807) is 40.1 Å². The number of hydrazine groups is 1. The van der Waals surface area contributed by atoms with Crippen LogP contribution >= 0.6 is 11.3 Å². The average Bonchev–Trinajstić information content (AvgIpc) is 3.76. The molecule has 7 rings (SSSR count). The van der Waals surface area contributed by atoms with Gasteiger partial charge in [0.1, 0.15) is 24.6 Å². The second-order valence-electron chi connectivity index (χ2n) is 13.4. The highest BCUT2D eigenvalue weighted by Crippen LogP contribution is 2.32. The maximum absolute atomic E-state index is 14.5. The Morgan fingerprint density at radius 3 is 2.46 bits per heavy atom. The fourth-order valence-electron chi connectivity index (χ4n) is 7.01. The van der Waals surface area contributed by atoms with Gasteiger partial charge in [0.2, 0.25) is 11.8 Å². The third-order valence-electron chi connectivity index (χ3n) is 9.74. The van der Waals surface area contributed by atoms with Gasteiger partial charge in [-0.15, -0.1) is 6.58 Å². The van der Waals surface area contributed by atoms with Crippen molar-refractivity contribution < 1.29 is 28.7 Å². The van der Waals surface area contributed by atoms with Gasteiger partial charge in [0.15, 0.2) is 5.13 Å². The Morgan fingerprint density at radius 2 is 1.73 bits per heavy atom. The molecule has 0 saturated carbocycles. The van der Waals surface area contributed by atoms with Crippen LogP contribution in [0.3, 0.4) is 0 Å². The van der Waals surface area contributed by atoms with Gasteiger partial charge in [0.05, 0.1) is 37.0 Å². The number of ether oxygens (including phenoxy) is 2. The molecule has 4 aromatic carbocycles. The molecule has 56 heavy (non-hydrogen) atoms. The number of piperazine rings is 1. The number of aromatic nitrogens is 1. The number of amides is 5. The number of nitrogens with one attached hydrogen (secondary N) is 2. The van der Waals surface area contributed by atoms with Crippen molar-refractivity contribution in [3.63, 3.8) is 0 Å². The molecule has 4 N–H and O–H groups in total. The minimum Gasteiger partial charge on any atom is -0.497 e. The van der Waals surface area contributed by atoms with Crippen LogP contribution in [0.15, 0.2) is 110 Å². The average molecular weight is 775 g/mol. The van der Waals surface area contributed by atoms with Crippen molar-refractivity contribution in [2.24, 2.45) is 0 Å². The quantitative estimate of drug-likeness (QED) is 0.134. The number of hydrogen-bond donors (Lipinski definition) is 3. The number of carbonyl (C=O) groups excluding carboxylic acids is 4. The van der Waals surface area contributed by atoms with Gasteiger partial charge in [-0.25, -0.2) is 14.6 Å². The number of thiazole rings is 1. The van der Waals surface area contributed by atoms with E-state index >= 15 is 0 Å². The van der Waals surface area contributed by atoms with Crippen LogP contribution in [0.25, 0.3) is 10.2 Å². The summed E-state index contributed by atoms with van der Waals surface area (Å²) in [6.45, 7) is 4.63. The fourth-order valence-corrected chi connectivity index (χ4v) is 7.79. The van der Waals surface area contributed by atoms with E-state index < -0.39 is 24.3 Å². The number of benzene rings is 4. The molecule has 5 amide bonds. The molecule has 0 aliphatic carbocycles. The van der Waals surface area contributed by atoms with Crippen LogP contribution in [0.1, 0.15) is 22.3 Å². The third-order valence-corrected chi connectivity index (χ3v) is 10.6. The molecule has 0 unspecified atom stereocenters. The number of nitrogen functional groups attached to an aromatic ring is 1. The van der Waals surface area contributed by atoms with E-state index in [0.717, 1.165) is 32.5 Å². The van der Waals surface area contributed by atoms with Gasteiger partial charge in [0.25, 0.3) is 0 Å². The Balaban J connectivity index is 1.12. The predicted octanol–water partition coefficient (Wildman–Crippen LogP) is 5.37. The van der Waals surface area contributed by atoms with E-state index in [1.165, 1.54) is 16.3 Å². The maximum atomic E-state index is 14.5. The second kappa shape index (κ2) is 16.9. The summed E-state index contributed by atoms with van der Waals surface area (Å²) in [6, 6.07) is 28.3. The van der Waals surface area contributed by atoms with Crippen LogP contribution in [0.5, 0.6) is 5.75 Å². The van der Waals surface area contributed by atoms with E-state index in [0.29, 0.717) is 16.6 Å². The van der Waals surface area contributed by atoms with Gasteiger partial charge in [-0.05, 0) is 52.6 Å². The zero-order chi connectivity index (χ0) is 39.2. The molecule has 2 atom stereocenters. The van der Waals surface area contributed by atoms with E-state index in [9.17, 15) is 19.2 Å². The standard InChI is InChI=1S/C41H42N8O6S/c1-3-20-47(40(52)43-22-28-14-18-32(54-2)19-15-28)48-25-36(50)49-33(21-27-12-16-31(17-13-27)44-41(53)55-26-29-8-5-4-6-9-29)38(51)46(24-35(48)49)23-30-10-7-11-34-37(30)45-39(42)56-34/h3-19,33,35H,1,20-26H2,2H3,(H2,42,45)(H,43,52)(H,44,53)/t33-,35+/m0/s1. The molecular formula is C41H42N8O6S. The number of anilines is 2. The number of urea groups is 1. The fraction of sp³-hybridized carbons (Fsp3) is 0.244. The molecule has 2 aliphatic heterocycles. The van der Waals surface area contributed by atoms with Crippen LogP contribution in [0.4, 0.5) is 20.4 Å². The van der Waals surface area contributed by atoms with Crippen molar-refractivity contribution in [1.82, 2.24) is 30.1 Å². The van der Waals surface area contributed by atoms with E-state index in [1.807, 2.05) is 84.9 Å². The highest BCUT2D eigenvalue weighted by molar-refractivity contribution is 7.22.